The van der Waals surface area contributed by atoms with Crippen LogP contribution < -0.4 is 5.43 Å². The molecule has 0 heterocycles. The monoisotopic (exact) mass is 348 g/mol. The molecule has 2 aromatic carbocycles. The maximum atomic E-state index is 11.6. The number of benzene rings is 2. The van der Waals surface area contributed by atoms with E-state index in [1.807, 2.05) is 54.6 Å². The van der Waals surface area contributed by atoms with E-state index in [1.54, 1.807) is 6.21 Å². The number of carbonyl (C=O) groups is 1. The summed E-state index contributed by atoms with van der Waals surface area (Å²) >= 11 is 4.90. The molecule has 0 aliphatic rings. The van der Waals surface area contributed by atoms with Gasteiger partial charge >= 0.3 is 0 Å². The second-order valence-electron chi connectivity index (χ2n) is 3.92. The van der Waals surface area contributed by atoms with E-state index in [9.17, 15) is 4.79 Å². The van der Waals surface area contributed by atoms with E-state index in [0.29, 0.717) is 5.75 Å². The summed E-state index contributed by atoms with van der Waals surface area (Å²) in [6.45, 7) is 0. The van der Waals surface area contributed by atoms with Crippen molar-refractivity contribution in [1.29, 1.82) is 0 Å². The Balaban J connectivity index is 1.79. The van der Waals surface area contributed by atoms with E-state index in [0.717, 1.165) is 14.9 Å². The number of thioether (sulfide) groups is 1. The Kier molecular flexibility index (Phi) is 5.83. The van der Waals surface area contributed by atoms with Crippen molar-refractivity contribution in [2.75, 3.05) is 5.75 Å². The summed E-state index contributed by atoms with van der Waals surface area (Å²) in [5.74, 6) is 0.222. The highest BCUT2D eigenvalue weighted by atomic mass is 79.9. The summed E-state index contributed by atoms with van der Waals surface area (Å²) in [5.41, 5.74) is 3.44. The number of halogens is 1. The molecule has 3 nitrogen and oxygen atoms in total. The van der Waals surface area contributed by atoms with Gasteiger partial charge in [0.2, 0.25) is 5.91 Å². The maximum Gasteiger partial charge on any atom is 0.250 e. The number of nitrogens with zero attached hydrogens (tertiary/aromatic N) is 1. The van der Waals surface area contributed by atoms with Crippen LogP contribution in [0.5, 0.6) is 0 Å². The molecule has 0 atom stereocenters. The number of amides is 1. The summed E-state index contributed by atoms with van der Waals surface area (Å²) < 4.78 is 0.941. The lowest BCUT2D eigenvalue weighted by molar-refractivity contribution is -0.118. The Morgan fingerprint density at radius 1 is 1.15 bits per heavy atom. The van der Waals surface area contributed by atoms with Gasteiger partial charge in [-0.05, 0) is 18.2 Å². The third kappa shape index (κ3) is 4.83. The Morgan fingerprint density at radius 3 is 2.60 bits per heavy atom. The molecule has 2 aromatic rings. The van der Waals surface area contributed by atoms with Crippen molar-refractivity contribution in [1.82, 2.24) is 5.43 Å². The molecule has 1 amide bonds. The van der Waals surface area contributed by atoms with Crippen LogP contribution in [0.4, 0.5) is 0 Å². The summed E-state index contributed by atoms with van der Waals surface area (Å²) in [5, 5.41) is 3.95. The van der Waals surface area contributed by atoms with E-state index in [4.69, 9.17) is 0 Å². The minimum absolute atomic E-state index is 0.123. The molecule has 0 spiro atoms. The minimum Gasteiger partial charge on any atom is -0.272 e. The number of hydrogen-bond donors (Lipinski definition) is 1. The fourth-order valence-electron chi connectivity index (χ4n) is 1.45. The van der Waals surface area contributed by atoms with E-state index in [-0.39, 0.29) is 5.91 Å². The molecule has 0 aliphatic carbocycles. The number of nitrogens with one attached hydrogen (secondary N) is 1. The summed E-state index contributed by atoms with van der Waals surface area (Å²) in [4.78, 5) is 12.7. The van der Waals surface area contributed by atoms with Crippen LogP contribution in [0.2, 0.25) is 0 Å². The topological polar surface area (TPSA) is 41.5 Å². The molecule has 0 fully saturated rings. The SMILES string of the molecule is O=C(CSc1ccccc1)N/N=C/c1ccccc1Br. The molecular weight excluding hydrogens is 336 g/mol. The third-order valence-corrected chi connectivity index (χ3v) is 4.15. The Hall–Kier alpha value is -1.59. The fourth-order valence-corrected chi connectivity index (χ4v) is 2.55. The smallest absolute Gasteiger partial charge is 0.250 e. The first-order chi connectivity index (χ1) is 9.75. The molecule has 20 heavy (non-hydrogen) atoms. The van der Waals surface area contributed by atoms with Gasteiger partial charge in [-0.3, -0.25) is 4.79 Å². The Morgan fingerprint density at radius 2 is 1.85 bits per heavy atom. The second kappa shape index (κ2) is 7.87. The van der Waals surface area contributed by atoms with E-state index < -0.39 is 0 Å². The van der Waals surface area contributed by atoms with Crippen LogP contribution in [0.3, 0.4) is 0 Å². The van der Waals surface area contributed by atoms with Crippen molar-refractivity contribution < 1.29 is 4.79 Å². The van der Waals surface area contributed by atoms with Crippen LogP contribution in [0.15, 0.2) is 69.1 Å². The molecule has 0 bridgehead atoms. The van der Waals surface area contributed by atoms with Gasteiger partial charge in [-0.1, -0.05) is 52.3 Å². The zero-order chi connectivity index (χ0) is 14.2. The first-order valence-electron chi connectivity index (χ1n) is 6.00. The van der Waals surface area contributed by atoms with Gasteiger partial charge in [-0.15, -0.1) is 11.8 Å². The van der Waals surface area contributed by atoms with Crippen LogP contribution in [0, 0.1) is 0 Å². The molecule has 2 rings (SSSR count). The van der Waals surface area contributed by atoms with Crippen molar-refractivity contribution in [3.63, 3.8) is 0 Å². The van der Waals surface area contributed by atoms with Gasteiger partial charge in [0.05, 0.1) is 12.0 Å². The lowest BCUT2D eigenvalue weighted by atomic mass is 10.2. The molecular formula is C15H13BrN2OS. The van der Waals surface area contributed by atoms with Crippen LogP contribution >= 0.6 is 27.7 Å². The van der Waals surface area contributed by atoms with Gasteiger partial charge in [0.1, 0.15) is 0 Å². The average molecular weight is 349 g/mol. The highest BCUT2D eigenvalue weighted by Crippen LogP contribution is 2.16. The molecule has 0 aliphatic heterocycles. The van der Waals surface area contributed by atoms with Gasteiger partial charge in [0.25, 0.3) is 0 Å². The minimum atomic E-state index is -0.123. The van der Waals surface area contributed by atoms with Crippen molar-refractivity contribution in [3.8, 4) is 0 Å². The number of hydrazone groups is 1. The quantitative estimate of drug-likeness (QED) is 0.508. The van der Waals surface area contributed by atoms with Crippen LogP contribution in [0.1, 0.15) is 5.56 Å². The highest BCUT2D eigenvalue weighted by Gasteiger charge is 2.01. The van der Waals surface area contributed by atoms with E-state index in [2.05, 4.69) is 26.5 Å². The average Bonchev–Trinajstić information content (AvgIpc) is 2.48. The molecule has 0 aromatic heterocycles. The molecule has 1 N–H and O–H groups in total. The lowest BCUT2D eigenvalue weighted by Gasteiger charge is -2.01. The number of carbonyl (C=O) groups excluding carboxylic acids is 1. The standard InChI is InChI=1S/C15H13BrN2OS/c16-14-9-5-4-6-12(14)10-17-18-15(19)11-20-13-7-2-1-3-8-13/h1-10H,11H2,(H,18,19)/b17-10+. The molecule has 0 unspecified atom stereocenters. The second-order valence-corrected chi connectivity index (χ2v) is 5.82. The first-order valence-corrected chi connectivity index (χ1v) is 7.78. The number of hydrogen-bond acceptors (Lipinski definition) is 3. The normalized spacial score (nSPS) is 10.7. The van der Waals surface area contributed by atoms with Gasteiger partial charge in [-0.25, -0.2) is 5.43 Å². The number of rotatable bonds is 5. The summed E-state index contributed by atoms with van der Waals surface area (Å²) in [6.07, 6.45) is 1.62. The van der Waals surface area contributed by atoms with Crippen molar-refractivity contribution in [2.24, 2.45) is 5.10 Å². The molecule has 0 saturated heterocycles. The zero-order valence-corrected chi connectivity index (χ0v) is 13.0. The van der Waals surface area contributed by atoms with Gasteiger partial charge in [0.15, 0.2) is 0 Å². The fraction of sp³-hybridized carbons (Fsp3) is 0.0667. The summed E-state index contributed by atoms with van der Waals surface area (Å²) in [6, 6.07) is 17.5. The zero-order valence-electron chi connectivity index (χ0n) is 10.6. The highest BCUT2D eigenvalue weighted by molar-refractivity contribution is 9.10. The van der Waals surface area contributed by atoms with Gasteiger partial charge < -0.3 is 0 Å². The molecule has 102 valence electrons. The van der Waals surface area contributed by atoms with Crippen LogP contribution in [-0.2, 0) is 4.79 Å². The van der Waals surface area contributed by atoms with Crippen molar-refractivity contribution in [2.45, 2.75) is 4.90 Å². The Bertz CT molecular complexity index is 602. The van der Waals surface area contributed by atoms with Crippen LogP contribution in [0.25, 0.3) is 0 Å². The molecule has 5 heteroatoms. The van der Waals surface area contributed by atoms with E-state index in [1.165, 1.54) is 11.8 Å². The predicted molar refractivity (Wildman–Crippen MR) is 87.0 cm³/mol. The van der Waals surface area contributed by atoms with Gasteiger partial charge in [-0.2, -0.15) is 5.10 Å². The summed E-state index contributed by atoms with van der Waals surface area (Å²) in [7, 11) is 0. The van der Waals surface area contributed by atoms with E-state index >= 15 is 0 Å². The van der Waals surface area contributed by atoms with Crippen molar-refractivity contribution >= 4 is 39.8 Å². The van der Waals surface area contributed by atoms with Crippen molar-refractivity contribution in [3.05, 3.63) is 64.6 Å². The molecule has 0 radical (unpaired) electrons. The lowest BCUT2D eigenvalue weighted by Crippen LogP contribution is -2.19. The first kappa shape index (κ1) is 14.8. The predicted octanol–water partition coefficient (Wildman–Crippen LogP) is 3.69. The Labute approximate surface area is 130 Å². The largest absolute Gasteiger partial charge is 0.272 e. The van der Waals surface area contributed by atoms with Crippen LogP contribution in [-0.4, -0.2) is 17.9 Å². The molecule has 0 saturated carbocycles. The van der Waals surface area contributed by atoms with Gasteiger partial charge in [0, 0.05) is 14.9 Å². The maximum absolute atomic E-state index is 11.6. The third-order valence-electron chi connectivity index (χ3n) is 2.41.